The molecule has 0 radical (unpaired) electrons. The Morgan fingerprint density at radius 1 is 0.585 bits per heavy atom. The van der Waals surface area contributed by atoms with E-state index in [2.05, 4.69) is 5.32 Å². The molecule has 0 bridgehead atoms. The highest BCUT2D eigenvalue weighted by Gasteiger charge is 2.39. The van der Waals surface area contributed by atoms with Gasteiger partial charge in [0.2, 0.25) is 5.91 Å². The van der Waals surface area contributed by atoms with Gasteiger partial charge >= 0.3 is 30.3 Å². The zero-order chi connectivity index (χ0) is 78.2. The molecule has 8 rings (SSSR count). The number of likely N-dealkylation sites (tertiary alicyclic amines) is 2. The Balaban J connectivity index is 0.000000565. The van der Waals surface area contributed by atoms with Crippen molar-refractivity contribution >= 4 is 73.4 Å². The van der Waals surface area contributed by atoms with Crippen molar-refractivity contribution in [3.63, 3.8) is 0 Å². The summed E-state index contributed by atoms with van der Waals surface area (Å²) in [5, 5.41) is 12.0. The average Bonchev–Trinajstić information content (AvgIpc) is 0.781. The minimum Gasteiger partial charge on any atom is -0.480 e. The Morgan fingerprint density at radius 3 is 1.27 bits per heavy atom. The summed E-state index contributed by atoms with van der Waals surface area (Å²) < 4.78 is 162. The zero-order valence-corrected chi connectivity index (χ0v) is 66.1. The summed E-state index contributed by atoms with van der Waals surface area (Å²) in [6, 6.07) is 9.70. The first-order valence-corrected chi connectivity index (χ1v) is 35.2. The molecule has 590 valence electrons. The van der Waals surface area contributed by atoms with Crippen molar-refractivity contribution in [2.75, 3.05) is 52.5 Å². The third-order valence-corrected chi connectivity index (χ3v) is 17.6. The highest BCUT2D eigenvalue weighted by Crippen LogP contribution is 2.40. The van der Waals surface area contributed by atoms with Crippen LogP contribution in [-0.2, 0) is 53.8 Å². The van der Waals surface area contributed by atoms with Crippen LogP contribution in [0.4, 0.5) is 48.6 Å². The van der Waals surface area contributed by atoms with Crippen molar-refractivity contribution in [1.29, 1.82) is 0 Å². The van der Waals surface area contributed by atoms with E-state index in [0.29, 0.717) is 41.9 Å². The number of nitrogens with zero attached hydrogens (tertiary/aromatic N) is 4. The summed E-state index contributed by atoms with van der Waals surface area (Å²) in [4.78, 5) is 79.6. The van der Waals surface area contributed by atoms with Gasteiger partial charge in [-0.3, -0.25) is 28.7 Å². The van der Waals surface area contributed by atoms with E-state index < -0.39 is 122 Å². The lowest BCUT2D eigenvalue weighted by atomic mass is 9.89. The number of carbonyl (C=O) groups is 4. The Labute approximate surface area is 641 Å². The molecule has 1 amide bonds. The van der Waals surface area contributed by atoms with Gasteiger partial charge in [0, 0.05) is 65.9 Å². The van der Waals surface area contributed by atoms with E-state index in [4.69, 9.17) is 22.3 Å². The number of pyridine rings is 2. The second-order valence-electron chi connectivity index (χ2n) is 26.8. The van der Waals surface area contributed by atoms with Crippen molar-refractivity contribution in [3.8, 4) is 22.3 Å². The van der Waals surface area contributed by atoms with Crippen molar-refractivity contribution in [2.24, 2.45) is 23.3 Å². The van der Waals surface area contributed by atoms with Crippen LogP contribution in [0.5, 0.6) is 0 Å². The summed E-state index contributed by atoms with van der Waals surface area (Å²) in [5.74, 6) is -7.14. The van der Waals surface area contributed by atoms with Gasteiger partial charge < -0.3 is 50.3 Å². The smallest absolute Gasteiger partial charge is 0.416 e. The summed E-state index contributed by atoms with van der Waals surface area (Å²) in [6.07, 6.45) is -5.90. The van der Waals surface area contributed by atoms with E-state index in [-0.39, 0.29) is 122 Å². The fourth-order valence-corrected chi connectivity index (χ4v) is 12.4. The van der Waals surface area contributed by atoms with Crippen LogP contribution in [0, 0.1) is 76.6 Å². The largest absolute Gasteiger partial charge is 0.480 e. The summed E-state index contributed by atoms with van der Waals surface area (Å²) in [7, 11) is 0. The van der Waals surface area contributed by atoms with Gasteiger partial charge in [0.15, 0.2) is 0 Å². The second-order valence-corrected chi connectivity index (χ2v) is 28.5. The molecule has 106 heavy (non-hydrogen) atoms. The number of nitrogens with one attached hydrogen (secondary N) is 1. The maximum absolute atomic E-state index is 16.6. The topological polar surface area (TPSA) is 222 Å². The first-order chi connectivity index (χ1) is 48.4. The van der Waals surface area contributed by atoms with E-state index in [9.17, 15) is 64.6 Å². The number of aromatic nitrogens is 2. The Bertz CT molecular complexity index is 4080. The first-order valence-electron chi connectivity index (χ1n) is 34.7. The number of nitrogens with two attached hydrogens (primary N) is 2. The van der Waals surface area contributed by atoms with Crippen LogP contribution in [0.3, 0.4) is 0 Å². The van der Waals surface area contributed by atoms with E-state index in [1.165, 1.54) is 19.1 Å². The lowest BCUT2D eigenvalue weighted by molar-refractivity contribution is -0.144. The number of hydrogen-bond donors (Lipinski definition) is 4. The molecule has 0 aliphatic carbocycles. The molecule has 2 fully saturated rings. The van der Waals surface area contributed by atoms with Gasteiger partial charge in [-0.25, -0.2) is 22.4 Å². The van der Waals surface area contributed by atoms with E-state index >= 15 is 13.2 Å². The van der Waals surface area contributed by atoms with Crippen molar-refractivity contribution in [1.82, 2.24) is 24.3 Å². The molecule has 0 spiro atoms. The van der Waals surface area contributed by atoms with E-state index in [1.807, 2.05) is 70.5 Å². The van der Waals surface area contributed by atoms with Gasteiger partial charge in [-0.1, -0.05) is 86.7 Å². The number of ether oxygens (including phenoxy) is 2. The van der Waals surface area contributed by atoms with Crippen LogP contribution in [0.15, 0.2) is 82.6 Å². The number of carboxylic acids is 1. The molecule has 4 aromatic carbocycles. The van der Waals surface area contributed by atoms with Crippen LogP contribution in [0.2, 0.25) is 0 Å². The van der Waals surface area contributed by atoms with Gasteiger partial charge in [-0.15, -0.1) is 0 Å². The van der Waals surface area contributed by atoms with Gasteiger partial charge in [0.25, 0.3) is 11.1 Å². The molecule has 2 aromatic heterocycles. The normalized spacial score (nSPS) is 14.7. The predicted molar refractivity (Wildman–Crippen MR) is 409 cm³/mol. The number of rotatable bonds is 25. The summed E-state index contributed by atoms with van der Waals surface area (Å²) in [6.45, 7) is 26.5. The summed E-state index contributed by atoms with van der Waals surface area (Å²) >= 11 is 1.82. The zero-order valence-electron chi connectivity index (χ0n) is 62.9. The number of esters is 2. The van der Waals surface area contributed by atoms with E-state index in [0.717, 1.165) is 82.8 Å². The highest BCUT2D eigenvalue weighted by atomic mass is 127. The number of aryl methyl sites for hydroxylation is 6. The fourth-order valence-electron chi connectivity index (χ4n) is 12.4. The van der Waals surface area contributed by atoms with Crippen LogP contribution >= 0.6 is 49.6 Å². The molecule has 2 aliphatic rings. The number of amides is 1. The molecule has 5 atom stereocenters. The van der Waals surface area contributed by atoms with Gasteiger partial charge in [0.1, 0.15) is 35.4 Å². The molecule has 6 N–H and O–H groups in total. The molecule has 2 aliphatic heterocycles. The number of hydrogen-bond acceptors (Lipinski definition) is 12. The SMILES string of the molecule is CC(C)CC(C(=O)O)n1cc(CCN2CCC2)c(C(F)(F)F)cc1=O.CCOC(=O)C[C@H](N)c1c(F)c(C)cc(-c2c(C)cccc2C)c1F.CCOC(=O)C[C@H](NC(=O)C(CC(C)C)n1cc(CCN2CCC2)c(C(F)(F)F)cc1=O)c1c(F)c(C)cc(-c2c(C)cccc2C)c1F.F.S.S.[3H]C(C)(N)I. The Morgan fingerprint density at radius 2 is 0.934 bits per heavy atom. The maximum atomic E-state index is 16.6. The van der Waals surface area contributed by atoms with E-state index in [1.54, 1.807) is 81.4 Å². The van der Waals surface area contributed by atoms with Gasteiger partial charge in [0.05, 0.1) is 48.6 Å². The second kappa shape index (κ2) is 42.8. The number of carboxylic acid groups (broad SMARTS) is 1. The predicted octanol–water partition coefficient (Wildman–Crippen LogP) is 15.8. The standard InChI is InChI=1S/C37H44F5N3O4.C20H23F2NO2.C17H23F3N2O3.C2H6IN.FH.2H2S/c1-7-49-31(47)19-28(33-34(38)24(6)17-26(35(33)39)32-22(4)10-8-11-23(32)5)43-36(48)29(16-21(2)3)45-20-25(12-15-44-13-9-14-44)27(18-30(45)46)37(40,41)42;1-5-25-16(24)10-15(23)18-19(21)13(4)9-14(20(18)22)17-11(2)7-6-8-12(17)3;1-11(2)8-14(16(24)25)22-10-12(4-7-21-5-3-6-21)13(9-15(22)23)17(18,19)20;1-2(3)4;;;/h8,10-11,17-18,20-21,28-29H,7,9,12-16,19H2,1-6H3,(H,43,48);6-9,15H,5,10,23H2,1-4H3;9-11,14H,3-8H2,1-2H3,(H,24,25);2H,4H2,1H3;1H;2*1H2/t28-,29?;15-;;;;;/m00...../s1/i;;;2T;;;. The lowest BCUT2D eigenvalue weighted by Crippen LogP contribution is -2.41. The number of benzene rings is 4. The molecule has 6 aromatic rings. The monoisotopic (exact) mass is 1660 g/mol. The fraction of sp³-hybridized carbons (Fsp3) is 0.500. The molecular weight excluding hydrogens is 1550 g/mol. The number of alkyl halides is 7. The van der Waals surface area contributed by atoms with Gasteiger partial charge in [-0.05, 0) is 207 Å². The molecule has 0 saturated carbocycles. The molecule has 30 heteroatoms. The number of aliphatic carboxylic acids is 1. The quantitative estimate of drug-likeness (QED) is 0.0138. The lowest BCUT2D eigenvalue weighted by Gasteiger charge is -2.31. The molecule has 4 heterocycles. The maximum Gasteiger partial charge on any atom is 0.416 e. The van der Waals surface area contributed by atoms with Crippen LogP contribution in [0.1, 0.15) is 179 Å². The average molecular weight is 1660 g/mol. The summed E-state index contributed by atoms with van der Waals surface area (Å²) in [5.41, 5.74) is 11.1. The first kappa shape index (κ1) is 93.4. The number of halogens is 12. The molecule has 2 saturated heterocycles. The van der Waals surface area contributed by atoms with Crippen LogP contribution < -0.4 is 27.9 Å². The van der Waals surface area contributed by atoms with Gasteiger partial charge in [-0.2, -0.15) is 53.3 Å². The highest BCUT2D eigenvalue weighted by molar-refractivity contribution is 14.1. The number of carbonyl (C=O) groups excluding carboxylic acids is 3. The van der Waals surface area contributed by atoms with Crippen LogP contribution in [-0.4, -0.2) is 104 Å². The molecular formula is C76H101F11IN7O9S2. The van der Waals surface area contributed by atoms with Crippen molar-refractivity contribution in [2.45, 2.75) is 182 Å². The third kappa shape index (κ3) is 26.2. The third-order valence-electron chi connectivity index (χ3n) is 17.6. The van der Waals surface area contributed by atoms with Crippen molar-refractivity contribution < 1.29 is 83.7 Å². The minimum absolute atomic E-state index is 0. The van der Waals surface area contributed by atoms with Crippen LogP contribution in [0.25, 0.3) is 22.3 Å². The molecule has 3 unspecified atom stereocenters. The Kier molecular flexibility index (Phi) is 37.7. The minimum atomic E-state index is -4.80. The Hall–Kier alpha value is -6.84. The van der Waals surface area contributed by atoms with Crippen molar-refractivity contribution in [3.05, 3.63) is 184 Å². The molecule has 16 nitrogen and oxygen atoms in total.